The van der Waals surface area contributed by atoms with Gasteiger partial charge in [-0.2, -0.15) is 4.72 Å². The average molecular weight is 537 g/mol. The van der Waals surface area contributed by atoms with Gasteiger partial charge in [-0.1, -0.05) is 53.6 Å². The topological polar surface area (TPSA) is 130 Å². The van der Waals surface area contributed by atoms with E-state index >= 15 is 0 Å². The Labute approximate surface area is 210 Å². The highest BCUT2D eigenvalue weighted by Gasteiger charge is 2.25. The lowest BCUT2D eigenvalue weighted by Crippen LogP contribution is -2.41. The van der Waals surface area contributed by atoms with Gasteiger partial charge in [0.1, 0.15) is 6.04 Å². The van der Waals surface area contributed by atoms with Gasteiger partial charge in [0.25, 0.3) is 0 Å². The molecular weight excluding hydrogens is 512 g/mol. The predicted molar refractivity (Wildman–Crippen MR) is 134 cm³/mol. The SMILES string of the molecule is Cc1ccc(S(=O)(=O)NCCC[C@@H](NS(=O)(=O)c2ccc(-c3ccc(Cl)cc3)cc2)C(=O)O)cc1. The van der Waals surface area contributed by atoms with Crippen molar-refractivity contribution >= 4 is 37.6 Å². The van der Waals surface area contributed by atoms with Crippen molar-refractivity contribution < 1.29 is 26.7 Å². The number of hydrogen-bond donors (Lipinski definition) is 3. The third-order valence-electron chi connectivity index (χ3n) is 5.23. The third kappa shape index (κ3) is 7.36. The third-order valence-corrected chi connectivity index (χ3v) is 8.45. The molecule has 0 aliphatic heterocycles. The van der Waals surface area contributed by atoms with Gasteiger partial charge in [-0.15, -0.1) is 0 Å². The van der Waals surface area contributed by atoms with Crippen LogP contribution in [0.25, 0.3) is 11.1 Å². The number of halogens is 1. The van der Waals surface area contributed by atoms with Crippen LogP contribution in [0.4, 0.5) is 0 Å². The summed E-state index contributed by atoms with van der Waals surface area (Å²) in [5.74, 6) is -1.35. The van der Waals surface area contributed by atoms with Crippen molar-refractivity contribution in [3.63, 3.8) is 0 Å². The molecule has 0 aliphatic rings. The van der Waals surface area contributed by atoms with E-state index in [4.69, 9.17) is 11.6 Å². The standard InChI is InChI=1S/C24H25ClN2O6S2/c1-17-4-12-21(13-5-17)34(30,31)26-16-2-3-23(24(28)29)27-35(32,33)22-14-8-19(9-15-22)18-6-10-20(25)11-7-18/h4-15,23,26-27H,2-3,16H2,1H3,(H,28,29)/t23-/m1/s1. The van der Waals surface area contributed by atoms with Crippen LogP contribution in [0.3, 0.4) is 0 Å². The summed E-state index contributed by atoms with van der Waals surface area (Å²) in [6.07, 6.45) is 0.00786. The van der Waals surface area contributed by atoms with E-state index < -0.39 is 32.1 Å². The van der Waals surface area contributed by atoms with Crippen LogP contribution in [0.1, 0.15) is 18.4 Å². The fourth-order valence-electron chi connectivity index (χ4n) is 3.27. The number of aliphatic carboxylic acids is 1. The molecule has 186 valence electrons. The van der Waals surface area contributed by atoms with Crippen LogP contribution in [0, 0.1) is 6.92 Å². The van der Waals surface area contributed by atoms with Crippen LogP contribution in [-0.2, 0) is 24.8 Å². The molecule has 0 fully saturated rings. The molecule has 0 unspecified atom stereocenters. The zero-order valence-electron chi connectivity index (χ0n) is 18.8. The lowest BCUT2D eigenvalue weighted by Gasteiger charge is -2.15. The van der Waals surface area contributed by atoms with E-state index in [9.17, 15) is 26.7 Å². The summed E-state index contributed by atoms with van der Waals surface area (Å²) < 4.78 is 54.7. The number of hydrogen-bond acceptors (Lipinski definition) is 5. The van der Waals surface area contributed by atoms with Crippen molar-refractivity contribution in [1.82, 2.24) is 9.44 Å². The Morgan fingerprint density at radius 3 is 1.86 bits per heavy atom. The lowest BCUT2D eigenvalue weighted by molar-refractivity contribution is -0.139. The van der Waals surface area contributed by atoms with Crippen molar-refractivity contribution in [1.29, 1.82) is 0 Å². The van der Waals surface area contributed by atoms with Crippen LogP contribution in [0.2, 0.25) is 5.02 Å². The van der Waals surface area contributed by atoms with Gasteiger partial charge in [0.15, 0.2) is 0 Å². The summed E-state index contributed by atoms with van der Waals surface area (Å²) in [6.45, 7) is 1.79. The Kier molecular flexibility index (Phi) is 8.68. The molecule has 3 aromatic rings. The van der Waals surface area contributed by atoms with Gasteiger partial charge in [0, 0.05) is 11.6 Å². The van der Waals surface area contributed by atoms with Crippen molar-refractivity contribution in [2.24, 2.45) is 0 Å². The molecule has 0 saturated heterocycles. The second-order valence-electron chi connectivity index (χ2n) is 7.90. The van der Waals surface area contributed by atoms with Crippen molar-refractivity contribution in [2.75, 3.05) is 6.54 Å². The molecule has 0 heterocycles. The first-order valence-corrected chi connectivity index (χ1v) is 14.0. The average Bonchev–Trinajstić information content (AvgIpc) is 2.82. The monoisotopic (exact) mass is 536 g/mol. The number of sulfonamides is 2. The second kappa shape index (κ2) is 11.3. The Balaban J connectivity index is 1.60. The van der Waals surface area contributed by atoms with Crippen molar-refractivity contribution in [3.05, 3.63) is 83.4 Å². The molecule has 0 radical (unpaired) electrons. The molecule has 3 rings (SSSR count). The minimum absolute atomic E-state index is 0.0441. The molecule has 3 N–H and O–H groups in total. The van der Waals surface area contributed by atoms with Gasteiger partial charge in [-0.3, -0.25) is 4.79 Å². The number of rotatable bonds is 11. The minimum atomic E-state index is -4.11. The Bertz CT molecular complexity index is 1370. The number of benzene rings is 3. The van der Waals surface area contributed by atoms with Gasteiger partial charge >= 0.3 is 5.97 Å². The van der Waals surface area contributed by atoms with Gasteiger partial charge < -0.3 is 5.11 Å². The zero-order valence-corrected chi connectivity index (χ0v) is 21.2. The molecule has 1 atom stereocenters. The highest BCUT2D eigenvalue weighted by Crippen LogP contribution is 2.23. The predicted octanol–water partition coefficient (Wildman–Crippen LogP) is 3.81. The number of carboxylic acids is 1. The molecular formula is C24H25ClN2O6S2. The first-order chi connectivity index (χ1) is 16.5. The summed E-state index contributed by atoms with van der Waals surface area (Å²) in [5, 5.41) is 10.1. The van der Waals surface area contributed by atoms with Gasteiger partial charge in [-0.25, -0.2) is 21.6 Å². The van der Waals surface area contributed by atoms with Crippen LogP contribution in [0.5, 0.6) is 0 Å². The van der Waals surface area contributed by atoms with Crippen molar-refractivity contribution in [2.45, 2.75) is 35.6 Å². The molecule has 8 nitrogen and oxygen atoms in total. The van der Waals surface area contributed by atoms with E-state index in [0.29, 0.717) is 5.02 Å². The number of carbonyl (C=O) groups is 1. The molecule has 35 heavy (non-hydrogen) atoms. The van der Waals surface area contributed by atoms with Gasteiger partial charge in [0.2, 0.25) is 20.0 Å². The van der Waals surface area contributed by atoms with E-state index in [0.717, 1.165) is 16.7 Å². The van der Waals surface area contributed by atoms with E-state index in [-0.39, 0.29) is 29.2 Å². The number of nitrogens with one attached hydrogen (secondary N) is 2. The highest BCUT2D eigenvalue weighted by molar-refractivity contribution is 7.89. The molecule has 0 aromatic heterocycles. The van der Waals surface area contributed by atoms with Crippen LogP contribution in [-0.4, -0.2) is 40.5 Å². The summed E-state index contributed by atoms with van der Waals surface area (Å²) in [7, 11) is -7.86. The van der Waals surface area contributed by atoms with E-state index in [1.165, 1.54) is 24.3 Å². The van der Waals surface area contributed by atoms with Crippen LogP contribution >= 0.6 is 11.6 Å². The Morgan fingerprint density at radius 2 is 1.31 bits per heavy atom. The van der Waals surface area contributed by atoms with E-state index in [2.05, 4.69) is 9.44 Å². The van der Waals surface area contributed by atoms with Gasteiger partial charge in [0.05, 0.1) is 9.79 Å². The molecule has 0 amide bonds. The maximum absolute atomic E-state index is 12.7. The molecule has 0 saturated carbocycles. The Morgan fingerprint density at radius 1 is 0.829 bits per heavy atom. The van der Waals surface area contributed by atoms with E-state index in [1.54, 1.807) is 48.5 Å². The summed E-state index contributed by atoms with van der Waals surface area (Å²) in [6, 6.07) is 18.0. The quantitative estimate of drug-likeness (QED) is 0.320. The maximum atomic E-state index is 12.7. The normalized spacial score (nSPS) is 12.9. The largest absolute Gasteiger partial charge is 0.480 e. The fourth-order valence-corrected chi connectivity index (χ4v) is 5.69. The lowest BCUT2D eigenvalue weighted by atomic mass is 10.1. The summed E-state index contributed by atoms with van der Waals surface area (Å²) >= 11 is 5.89. The molecule has 0 aliphatic carbocycles. The number of aryl methyl sites for hydroxylation is 1. The summed E-state index contributed by atoms with van der Waals surface area (Å²) in [4.78, 5) is 11.7. The van der Waals surface area contributed by atoms with Gasteiger partial charge in [-0.05, 0) is 67.3 Å². The number of carboxylic acid groups (broad SMARTS) is 1. The maximum Gasteiger partial charge on any atom is 0.321 e. The zero-order chi connectivity index (χ0) is 25.6. The highest BCUT2D eigenvalue weighted by atomic mass is 35.5. The first-order valence-electron chi connectivity index (χ1n) is 10.7. The fraction of sp³-hybridized carbons (Fsp3) is 0.208. The van der Waals surface area contributed by atoms with E-state index in [1.807, 2.05) is 6.92 Å². The smallest absolute Gasteiger partial charge is 0.321 e. The van der Waals surface area contributed by atoms with Crippen LogP contribution < -0.4 is 9.44 Å². The Hall–Kier alpha value is -2.76. The molecule has 0 spiro atoms. The van der Waals surface area contributed by atoms with Crippen LogP contribution in [0.15, 0.2) is 82.6 Å². The molecule has 3 aromatic carbocycles. The second-order valence-corrected chi connectivity index (χ2v) is 11.8. The van der Waals surface area contributed by atoms with Crippen molar-refractivity contribution in [3.8, 4) is 11.1 Å². The molecule has 11 heteroatoms. The minimum Gasteiger partial charge on any atom is -0.480 e. The summed E-state index contributed by atoms with van der Waals surface area (Å²) in [5.41, 5.74) is 2.54. The first kappa shape index (κ1) is 26.8. The molecule has 0 bridgehead atoms.